The van der Waals surface area contributed by atoms with E-state index in [1.807, 2.05) is 30.3 Å². The van der Waals surface area contributed by atoms with Crippen LogP contribution in [-0.2, 0) is 0 Å². The van der Waals surface area contributed by atoms with Gasteiger partial charge in [-0.15, -0.1) is 11.3 Å². The minimum absolute atomic E-state index is 0.0214. The molecule has 0 radical (unpaired) electrons. The Balaban J connectivity index is 1.53. The summed E-state index contributed by atoms with van der Waals surface area (Å²) in [6.07, 6.45) is 4.19. The zero-order valence-corrected chi connectivity index (χ0v) is 15.2. The Hall–Kier alpha value is -1.72. The second-order valence-corrected chi connectivity index (χ2v) is 7.70. The zero-order valence-electron chi connectivity index (χ0n) is 14.4. The Kier molecular flexibility index (Phi) is 5.63. The fourth-order valence-corrected chi connectivity index (χ4v) is 3.86. The number of carbonyl (C=O) groups is 1. The number of aromatic nitrogens is 1. The molecule has 24 heavy (non-hydrogen) atoms. The van der Waals surface area contributed by atoms with Crippen LogP contribution in [0.15, 0.2) is 36.5 Å². The molecule has 1 aliphatic heterocycles. The lowest BCUT2D eigenvalue weighted by molar-refractivity contribution is 0.0925. The van der Waals surface area contributed by atoms with Crippen LogP contribution in [0.2, 0.25) is 0 Å². The van der Waals surface area contributed by atoms with Crippen molar-refractivity contribution in [2.75, 3.05) is 19.6 Å². The molecule has 1 atom stereocenters. The van der Waals surface area contributed by atoms with Crippen LogP contribution in [0.1, 0.15) is 36.4 Å². The average molecular weight is 343 g/mol. The Labute approximate surface area is 147 Å². The SMILES string of the molecule is CC1CCN(C(C)CNC(=O)c2cnc(-c3ccccc3)s2)CC1. The first-order valence-corrected chi connectivity index (χ1v) is 9.48. The molecule has 2 aromatic rings. The first-order valence-electron chi connectivity index (χ1n) is 8.67. The van der Waals surface area contributed by atoms with Gasteiger partial charge in [0.1, 0.15) is 9.88 Å². The lowest BCUT2D eigenvalue weighted by Crippen LogP contribution is -2.45. The van der Waals surface area contributed by atoms with Gasteiger partial charge in [-0.25, -0.2) is 4.98 Å². The molecule has 1 aromatic carbocycles. The number of likely N-dealkylation sites (tertiary alicyclic amines) is 1. The summed E-state index contributed by atoms with van der Waals surface area (Å²) in [7, 11) is 0. The number of piperidine rings is 1. The third-order valence-corrected chi connectivity index (χ3v) is 5.80. The van der Waals surface area contributed by atoms with Gasteiger partial charge in [-0.05, 0) is 38.8 Å². The van der Waals surface area contributed by atoms with Gasteiger partial charge in [0, 0.05) is 18.2 Å². The van der Waals surface area contributed by atoms with Crippen molar-refractivity contribution in [3.05, 3.63) is 41.4 Å². The van der Waals surface area contributed by atoms with Crippen LogP contribution in [0.4, 0.5) is 0 Å². The number of nitrogens with zero attached hydrogens (tertiary/aromatic N) is 2. The molecule has 2 heterocycles. The molecular formula is C19H25N3OS. The molecule has 3 rings (SSSR count). The number of carbonyl (C=O) groups excluding carboxylic acids is 1. The molecule has 4 nitrogen and oxygen atoms in total. The summed E-state index contributed by atoms with van der Waals surface area (Å²) in [6.45, 7) is 7.47. The summed E-state index contributed by atoms with van der Waals surface area (Å²) in [5.74, 6) is 0.809. The Morgan fingerprint density at radius 3 is 2.75 bits per heavy atom. The van der Waals surface area contributed by atoms with Crippen molar-refractivity contribution in [3.8, 4) is 10.6 Å². The minimum atomic E-state index is -0.0214. The van der Waals surface area contributed by atoms with Crippen molar-refractivity contribution >= 4 is 17.2 Å². The summed E-state index contributed by atoms with van der Waals surface area (Å²) in [5, 5.41) is 3.95. The van der Waals surface area contributed by atoms with Gasteiger partial charge in [-0.1, -0.05) is 37.3 Å². The highest BCUT2D eigenvalue weighted by Gasteiger charge is 2.21. The summed E-state index contributed by atoms with van der Waals surface area (Å²) in [5.41, 5.74) is 1.05. The van der Waals surface area contributed by atoms with Gasteiger partial charge < -0.3 is 5.32 Å². The highest BCUT2D eigenvalue weighted by molar-refractivity contribution is 7.16. The second kappa shape index (κ2) is 7.90. The fraction of sp³-hybridized carbons (Fsp3) is 0.474. The van der Waals surface area contributed by atoms with E-state index < -0.39 is 0 Å². The predicted octanol–water partition coefficient (Wildman–Crippen LogP) is 3.66. The molecule has 5 heteroatoms. The number of thiazole rings is 1. The molecular weight excluding hydrogens is 318 g/mol. The molecule has 1 fully saturated rings. The van der Waals surface area contributed by atoms with Crippen LogP contribution >= 0.6 is 11.3 Å². The van der Waals surface area contributed by atoms with Gasteiger partial charge in [0.2, 0.25) is 0 Å². The van der Waals surface area contributed by atoms with Crippen LogP contribution < -0.4 is 5.32 Å². The van der Waals surface area contributed by atoms with Crippen LogP contribution in [-0.4, -0.2) is 41.5 Å². The number of amides is 1. The Bertz CT molecular complexity index is 662. The maximum absolute atomic E-state index is 12.4. The molecule has 1 aromatic heterocycles. The summed E-state index contributed by atoms with van der Waals surface area (Å²) < 4.78 is 0. The van der Waals surface area contributed by atoms with Gasteiger partial charge in [0.05, 0.1) is 6.20 Å². The van der Waals surface area contributed by atoms with Gasteiger partial charge in [0.25, 0.3) is 5.91 Å². The smallest absolute Gasteiger partial charge is 0.263 e. The third kappa shape index (κ3) is 4.22. The first kappa shape index (κ1) is 17.1. The largest absolute Gasteiger partial charge is 0.350 e. The van der Waals surface area contributed by atoms with Crippen molar-refractivity contribution in [2.45, 2.75) is 32.7 Å². The molecule has 0 saturated carbocycles. The Morgan fingerprint density at radius 2 is 2.04 bits per heavy atom. The van der Waals surface area contributed by atoms with Gasteiger partial charge in [0.15, 0.2) is 0 Å². The number of hydrogen-bond donors (Lipinski definition) is 1. The molecule has 128 valence electrons. The second-order valence-electron chi connectivity index (χ2n) is 6.67. The molecule has 1 aliphatic rings. The first-order chi connectivity index (χ1) is 11.6. The van der Waals surface area contributed by atoms with Gasteiger partial charge in [-0.3, -0.25) is 9.69 Å². The maximum atomic E-state index is 12.4. The van der Waals surface area contributed by atoms with E-state index in [9.17, 15) is 4.79 Å². The summed E-state index contributed by atoms with van der Waals surface area (Å²) in [4.78, 5) is 19.9. The molecule has 0 spiro atoms. The molecule has 1 saturated heterocycles. The van der Waals surface area contributed by atoms with E-state index in [2.05, 4.69) is 29.0 Å². The van der Waals surface area contributed by atoms with E-state index in [4.69, 9.17) is 0 Å². The number of rotatable bonds is 5. The lowest BCUT2D eigenvalue weighted by Gasteiger charge is -2.34. The van der Waals surface area contributed by atoms with E-state index in [0.29, 0.717) is 17.5 Å². The molecule has 1 unspecified atom stereocenters. The normalized spacial score (nSPS) is 17.6. The molecule has 1 N–H and O–H groups in total. The molecule has 0 aliphatic carbocycles. The van der Waals surface area contributed by atoms with Crippen molar-refractivity contribution in [3.63, 3.8) is 0 Å². The molecule has 1 amide bonds. The predicted molar refractivity (Wildman–Crippen MR) is 99.3 cm³/mol. The Morgan fingerprint density at radius 1 is 1.33 bits per heavy atom. The quantitative estimate of drug-likeness (QED) is 0.901. The topological polar surface area (TPSA) is 45.2 Å². The zero-order chi connectivity index (χ0) is 16.9. The monoisotopic (exact) mass is 343 g/mol. The highest BCUT2D eigenvalue weighted by atomic mass is 32.1. The number of hydrogen-bond acceptors (Lipinski definition) is 4. The molecule has 0 bridgehead atoms. The van der Waals surface area contributed by atoms with Gasteiger partial charge >= 0.3 is 0 Å². The lowest BCUT2D eigenvalue weighted by atomic mass is 9.98. The van der Waals surface area contributed by atoms with Crippen LogP contribution in [0.3, 0.4) is 0 Å². The average Bonchev–Trinajstić information content (AvgIpc) is 3.11. The number of nitrogens with one attached hydrogen (secondary N) is 1. The van der Waals surface area contributed by atoms with E-state index in [1.54, 1.807) is 6.20 Å². The standard InChI is InChI=1S/C19H25N3OS/c1-14-8-10-22(11-9-14)15(2)12-20-18(23)17-13-21-19(24-17)16-6-4-3-5-7-16/h3-7,13-15H,8-12H2,1-2H3,(H,20,23). The van der Waals surface area contributed by atoms with Crippen molar-refractivity contribution in [1.82, 2.24) is 15.2 Å². The van der Waals surface area contributed by atoms with Gasteiger partial charge in [-0.2, -0.15) is 0 Å². The van der Waals surface area contributed by atoms with Crippen molar-refractivity contribution in [1.29, 1.82) is 0 Å². The van der Waals surface area contributed by atoms with Crippen molar-refractivity contribution < 1.29 is 4.79 Å². The third-order valence-electron chi connectivity index (χ3n) is 4.75. The van der Waals surface area contributed by atoms with E-state index in [1.165, 1.54) is 24.2 Å². The van der Waals surface area contributed by atoms with E-state index in [-0.39, 0.29) is 5.91 Å². The van der Waals surface area contributed by atoms with Crippen LogP contribution in [0, 0.1) is 5.92 Å². The van der Waals surface area contributed by atoms with Crippen LogP contribution in [0.25, 0.3) is 10.6 Å². The van der Waals surface area contributed by atoms with E-state index >= 15 is 0 Å². The van der Waals surface area contributed by atoms with Crippen molar-refractivity contribution in [2.24, 2.45) is 5.92 Å². The van der Waals surface area contributed by atoms with E-state index in [0.717, 1.165) is 29.6 Å². The number of benzene rings is 1. The van der Waals surface area contributed by atoms with Crippen LogP contribution in [0.5, 0.6) is 0 Å². The highest BCUT2D eigenvalue weighted by Crippen LogP contribution is 2.24. The maximum Gasteiger partial charge on any atom is 0.263 e. The minimum Gasteiger partial charge on any atom is -0.350 e. The summed E-state index contributed by atoms with van der Waals surface area (Å²) >= 11 is 1.44. The summed E-state index contributed by atoms with van der Waals surface area (Å²) in [6, 6.07) is 10.4. The fourth-order valence-electron chi connectivity index (χ4n) is 3.02.